The topological polar surface area (TPSA) is 48.1 Å². The van der Waals surface area contributed by atoms with Gasteiger partial charge in [-0.3, -0.25) is 4.98 Å². The lowest BCUT2D eigenvalue weighted by Gasteiger charge is -2.05. The van der Waals surface area contributed by atoms with Gasteiger partial charge >= 0.3 is 0 Å². The van der Waals surface area contributed by atoms with E-state index in [1.54, 1.807) is 13.3 Å². The Hall–Kier alpha value is -0.580. The third kappa shape index (κ3) is 4.64. The van der Waals surface area contributed by atoms with Gasteiger partial charge in [0.25, 0.3) is 0 Å². The van der Waals surface area contributed by atoms with Crippen molar-refractivity contribution in [3.8, 4) is 0 Å². The number of hydrogen-bond acceptors (Lipinski definition) is 4. The van der Waals surface area contributed by atoms with Gasteiger partial charge in [-0.2, -0.15) is 11.8 Å². The molecule has 1 heterocycles. The van der Waals surface area contributed by atoms with Gasteiger partial charge < -0.3 is 10.5 Å². The largest absolute Gasteiger partial charge is 0.385 e. The van der Waals surface area contributed by atoms with Gasteiger partial charge in [-0.25, -0.2) is 0 Å². The molecule has 0 spiro atoms. The highest BCUT2D eigenvalue weighted by Crippen LogP contribution is 2.15. The number of aromatic nitrogens is 1. The third-order valence-electron chi connectivity index (χ3n) is 2.07. The molecule has 0 aliphatic rings. The van der Waals surface area contributed by atoms with E-state index in [1.165, 1.54) is 5.56 Å². The van der Waals surface area contributed by atoms with Crippen molar-refractivity contribution in [1.82, 2.24) is 4.98 Å². The molecule has 0 radical (unpaired) electrons. The van der Waals surface area contributed by atoms with Gasteiger partial charge in [0, 0.05) is 32.2 Å². The molecule has 3 nitrogen and oxygen atoms in total. The van der Waals surface area contributed by atoms with E-state index >= 15 is 0 Å². The van der Waals surface area contributed by atoms with Gasteiger partial charge in [0.15, 0.2) is 0 Å². The van der Waals surface area contributed by atoms with Gasteiger partial charge in [-0.15, -0.1) is 0 Å². The van der Waals surface area contributed by atoms with Crippen molar-refractivity contribution in [2.45, 2.75) is 18.7 Å². The molecule has 0 saturated heterocycles. The Kier molecular flexibility index (Phi) is 6.39. The second-order valence-electron chi connectivity index (χ2n) is 3.21. The molecule has 1 aromatic heterocycles. The average molecular weight is 226 g/mol. The minimum Gasteiger partial charge on any atom is -0.385 e. The molecular weight excluding hydrogens is 208 g/mol. The zero-order valence-corrected chi connectivity index (χ0v) is 9.93. The maximum atomic E-state index is 5.61. The molecular formula is C11H18N2OS. The fourth-order valence-electron chi connectivity index (χ4n) is 1.27. The standard InChI is InChI=1S/C11H18N2OS/c1-14-6-3-7-15-9-10-4-2-5-13-11(10)8-12/h2,4-5H,3,6-9,12H2,1H3. The van der Waals surface area contributed by atoms with Crippen LogP contribution in [-0.2, 0) is 17.0 Å². The summed E-state index contributed by atoms with van der Waals surface area (Å²) < 4.78 is 4.99. The Balaban J connectivity index is 2.30. The van der Waals surface area contributed by atoms with Gasteiger partial charge in [-0.1, -0.05) is 6.07 Å². The lowest BCUT2D eigenvalue weighted by atomic mass is 10.2. The van der Waals surface area contributed by atoms with Crippen LogP contribution in [0.15, 0.2) is 18.3 Å². The summed E-state index contributed by atoms with van der Waals surface area (Å²) in [5.41, 5.74) is 7.87. The molecule has 0 fully saturated rings. The van der Waals surface area contributed by atoms with Gasteiger partial charge in [0.1, 0.15) is 0 Å². The SMILES string of the molecule is COCCCSCc1cccnc1CN. The lowest BCUT2D eigenvalue weighted by Crippen LogP contribution is -2.03. The Bertz CT molecular complexity index is 281. The van der Waals surface area contributed by atoms with Crippen LogP contribution in [0.25, 0.3) is 0 Å². The molecule has 1 rings (SSSR count). The first-order valence-electron chi connectivity index (χ1n) is 5.08. The highest BCUT2D eigenvalue weighted by atomic mass is 32.2. The monoisotopic (exact) mass is 226 g/mol. The van der Waals surface area contributed by atoms with Crippen LogP contribution in [-0.4, -0.2) is 24.5 Å². The minimum atomic E-state index is 0.523. The van der Waals surface area contributed by atoms with Crippen LogP contribution in [0.1, 0.15) is 17.7 Å². The number of thioether (sulfide) groups is 1. The first kappa shape index (κ1) is 12.5. The summed E-state index contributed by atoms with van der Waals surface area (Å²) in [5, 5.41) is 0. The van der Waals surface area contributed by atoms with E-state index in [1.807, 2.05) is 17.8 Å². The number of nitrogens with two attached hydrogens (primary N) is 1. The van der Waals surface area contributed by atoms with Crippen molar-refractivity contribution in [2.75, 3.05) is 19.5 Å². The first-order chi connectivity index (χ1) is 7.38. The van der Waals surface area contributed by atoms with E-state index in [-0.39, 0.29) is 0 Å². The molecule has 0 unspecified atom stereocenters. The Morgan fingerprint density at radius 2 is 2.40 bits per heavy atom. The highest BCUT2D eigenvalue weighted by Gasteiger charge is 2.00. The second kappa shape index (κ2) is 7.68. The van der Waals surface area contributed by atoms with E-state index in [9.17, 15) is 0 Å². The summed E-state index contributed by atoms with van der Waals surface area (Å²) >= 11 is 1.90. The molecule has 0 aliphatic heterocycles. The molecule has 0 bridgehead atoms. The van der Waals surface area contributed by atoms with E-state index < -0.39 is 0 Å². The van der Waals surface area contributed by atoms with E-state index in [2.05, 4.69) is 11.1 Å². The number of nitrogens with zero attached hydrogens (tertiary/aromatic N) is 1. The molecule has 0 aliphatic carbocycles. The average Bonchev–Trinajstić information content (AvgIpc) is 2.29. The minimum absolute atomic E-state index is 0.523. The Morgan fingerprint density at radius 3 is 3.13 bits per heavy atom. The van der Waals surface area contributed by atoms with E-state index in [4.69, 9.17) is 10.5 Å². The number of hydrogen-bond donors (Lipinski definition) is 1. The zero-order valence-electron chi connectivity index (χ0n) is 9.11. The quantitative estimate of drug-likeness (QED) is 0.720. The summed E-state index contributed by atoms with van der Waals surface area (Å²) in [7, 11) is 1.73. The van der Waals surface area contributed by atoms with Crippen LogP contribution >= 0.6 is 11.8 Å². The van der Waals surface area contributed by atoms with E-state index in [0.717, 1.165) is 30.2 Å². The first-order valence-corrected chi connectivity index (χ1v) is 6.23. The molecule has 15 heavy (non-hydrogen) atoms. The smallest absolute Gasteiger partial charge is 0.0579 e. The van der Waals surface area contributed by atoms with Crippen LogP contribution < -0.4 is 5.73 Å². The summed E-state index contributed by atoms with van der Waals surface area (Å²) in [6.45, 7) is 1.36. The lowest BCUT2D eigenvalue weighted by molar-refractivity contribution is 0.200. The van der Waals surface area contributed by atoms with Gasteiger partial charge in [0.2, 0.25) is 0 Å². The van der Waals surface area contributed by atoms with Gasteiger partial charge in [0.05, 0.1) is 5.69 Å². The molecule has 0 saturated carbocycles. The Labute approximate surface area is 95.4 Å². The van der Waals surface area contributed by atoms with Crippen molar-refractivity contribution in [3.05, 3.63) is 29.6 Å². The summed E-state index contributed by atoms with van der Waals surface area (Å²) in [5.74, 6) is 2.11. The van der Waals surface area contributed by atoms with Crippen molar-refractivity contribution in [2.24, 2.45) is 5.73 Å². The molecule has 4 heteroatoms. The third-order valence-corrected chi connectivity index (χ3v) is 3.17. The normalized spacial score (nSPS) is 10.5. The molecule has 0 atom stereocenters. The maximum absolute atomic E-state index is 5.61. The van der Waals surface area contributed by atoms with E-state index in [0.29, 0.717) is 6.54 Å². The molecule has 84 valence electrons. The van der Waals surface area contributed by atoms with Crippen molar-refractivity contribution >= 4 is 11.8 Å². The van der Waals surface area contributed by atoms with Crippen molar-refractivity contribution < 1.29 is 4.74 Å². The van der Waals surface area contributed by atoms with Crippen molar-refractivity contribution in [1.29, 1.82) is 0 Å². The number of pyridine rings is 1. The predicted octanol–water partition coefficient (Wildman–Crippen LogP) is 1.81. The van der Waals surface area contributed by atoms with Crippen LogP contribution in [0, 0.1) is 0 Å². The summed E-state index contributed by atoms with van der Waals surface area (Å²) in [6.07, 6.45) is 2.89. The number of ether oxygens (including phenoxy) is 1. The Morgan fingerprint density at radius 1 is 1.53 bits per heavy atom. The number of rotatable bonds is 7. The fourth-order valence-corrected chi connectivity index (χ4v) is 2.22. The number of methoxy groups -OCH3 is 1. The van der Waals surface area contributed by atoms with Crippen LogP contribution in [0.2, 0.25) is 0 Å². The summed E-state index contributed by atoms with van der Waals surface area (Å²) in [4.78, 5) is 4.25. The zero-order chi connectivity index (χ0) is 10.9. The molecule has 1 aromatic rings. The van der Waals surface area contributed by atoms with Crippen molar-refractivity contribution in [3.63, 3.8) is 0 Å². The fraction of sp³-hybridized carbons (Fsp3) is 0.545. The highest BCUT2D eigenvalue weighted by molar-refractivity contribution is 7.98. The summed E-state index contributed by atoms with van der Waals surface area (Å²) in [6, 6.07) is 4.06. The second-order valence-corrected chi connectivity index (χ2v) is 4.32. The predicted molar refractivity (Wildman–Crippen MR) is 64.8 cm³/mol. The van der Waals surface area contributed by atoms with Crippen LogP contribution in [0.5, 0.6) is 0 Å². The van der Waals surface area contributed by atoms with Gasteiger partial charge in [-0.05, 0) is 23.8 Å². The molecule has 2 N–H and O–H groups in total. The maximum Gasteiger partial charge on any atom is 0.0579 e. The van der Waals surface area contributed by atoms with Crippen LogP contribution in [0.4, 0.5) is 0 Å². The molecule has 0 aromatic carbocycles. The molecule has 0 amide bonds. The van der Waals surface area contributed by atoms with Crippen LogP contribution in [0.3, 0.4) is 0 Å².